The van der Waals surface area contributed by atoms with Crippen molar-refractivity contribution in [1.29, 1.82) is 0 Å². The predicted octanol–water partition coefficient (Wildman–Crippen LogP) is 4.96. The van der Waals surface area contributed by atoms with Crippen LogP contribution in [0, 0.1) is 0 Å². The maximum Gasteiger partial charge on any atom is 0.168 e. The van der Waals surface area contributed by atoms with Crippen LogP contribution in [0.1, 0.15) is 27.0 Å². The second-order valence-electron chi connectivity index (χ2n) is 5.38. The second kappa shape index (κ2) is 7.19. The van der Waals surface area contributed by atoms with Crippen LogP contribution in [0.3, 0.4) is 0 Å². The molecule has 1 aromatic heterocycles. The summed E-state index contributed by atoms with van der Waals surface area (Å²) in [6.07, 6.45) is 2.38. The van der Waals surface area contributed by atoms with Crippen LogP contribution in [0.25, 0.3) is 0 Å². The lowest BCUT2D eigenvalue weighted by Crippen LogP contribution is -2.05. The summed E-state index contributed by atoms with van der Waals surface area (Å²) in [6, 6.07) is 20.4. The average molecular weight is 306 g/mol. The van der Waals surface area contributed by atoms with Crippen LogP contribution >= 0.6 is 11.3 Å². The molecule has 0 radical (unpaired) electrons. The highest BCUT2D eigenvalue weighted by Gasteiger charge is 2.13. The Kier molecular flexibility index (Phi) is 4.81. The number of benzene rings is 2. The first-order valence-corrected chi connectivity index (χ1v) is 8.43. The molecule has 0 saturated carbocycles. The van der Waals surface area contributed by atoms with E-state index in [1.165, 1.54) is 11.1 Å². The molecule has 0 saturated heterocycles. The Morgan fingerprint density at radius 1 is 0.773 bits per heavy atom. The van der Waals surface area contributed by atoms with Gasteiger partial charge in [-0.05, 0) is 34.9 Å². The van der Waals surface area contributed by atoms with Crippen molar-refractivity contribution in [3.8, 4) is 0 Å². The van der Waals surface area contributed by atoms with E-state index in [9.17, 15) is 4.79 Å². The predicted molar refractivity (Wildman–Crippen MR) is 92.6 cm³/mol. The van der Waals surface area contributed by atoms with E-state index in [1.807, 2.05) is 41.8 Å². The highest BCUT2D eigenvalue weighted by Crippen LogP contribution is 2.20. The first kappa shape index (κ1) is 14.7. The molecule has 1 heterocycles. The lowest BCUT2D eigenvalue weighted by Gasteiger charge is -2.05. The second-order valence-corrected chi connectivity index (χ2v) is 6.13. The normalized spacial score (nSPS) is 10.5. The molecule has 110 valence electrons. The minimum absolute atomic E-state index is 0.218. The molecule has 0 bridgehead atoms. The van der Waals surface area contributed by atoms with Crippen LogP contribution in [0.4, 0.5) is 0 Å². The third kappa shape index (κ3) is 3.71. The summed E-state index contributed by atoms with van der Waals surface area (Å²) >= 11 is 1.62. The number of aryl methyl sites for hydroxylation is 2. The fourth-order valence-electron chi connectivity index (χ4n) is 2.56. The third-order valence-electron chi connectivity index (χ3n) is 3.78. The minimum Gasteiger partial charge on any atom is -0.294 e. The molecule has 0 spiro atoms. The molecule has 0 N–H and O–H groups in total. The summed E-state index contributed by atoms with van der Waals surface area (Å²) in [7, 11) is 0. The van der Waals surface area contributed by atoms with Crippen molar-refractivity contribution in [2.45, 2.75) is 19.3 Å². The fraction of sp³-hybridized carbons (Fsp3) is 0.150. The number of thiophene rings is 1. The molecule has 0 atom stereocenters. The molecule has 2 heteroatoms. The zero-order valence-corrected chi connectivity index (χ0v) is 13.2. The molecule has 0 unspecified atom stereocenters. The molecule has 3 rings (SSSR count). The highest BCUT2D eigenvalue weighted by molar-refractivity contribution is 7.08. The van der Waals surface area contributed by atoms with Gasteiger partial charge in [-0.3, -0.25) is 4.79 Å². The van der Waals surface area contributed by atoms with Crippen LogP contribution in [-0.2, 0) is 19.3 Å². The van der Waals surface area contributed by atoms with Gasteiger partial charge in [0.2, 0.25) is 0 Å². The van der Waals surface area contributed by atoms with Crippen LogP contribution in [-0.4, -0.2) is 5.78 Å². The van der Waals surface area contributed by atoms with E-state index in [1.54, 1.807) is 11.3 Å². The number of carbonyl (C=O) groups excluding carboxylic acids is 1. The van der Waals surface area contributed by atoms with Gasteiger partial charge in [0.1, 0.15) is 0 Å². The Morgan fingerprint density at radius 2 is 1.41 bits per heavy atom. The Labute approximate surface area is 135 Å². The van der Waals surface area contributed by atoms with Crippen molar-refractivity contribution in [2.24, 2.45) is 0 Å². The lowest BCUT2D eigenvalue weighted by atomic mass is 9.98. The summed E-state index contributed by atoms with van der Waals surface area (Å²) in [5.74, 6) is 0.218. The third-order valence-corrected chi connectivity index (χ3v) is 4.57. The molecule has 0 aliphatic carbocycles. The van der Waals surface area contributed by atoms with Crippen molar-refractivity contribution in [3.63, 3.8) is 0 Å². The van der Waals surface area contributed by atoms with Gasteiger partial charge in [0.25, 0.3) is 0 Å². The standard InChI is InChI=1S/C20H18OS/c21-20(13-17-9-5-2-6-10-17)19-15-22-14-18(19)12-11-16-7-3-1-4-8-16/h1-10,14-15H,11-13H2. The Bertz CT molecular complexity index is 729. The van der Waals surface area contributed by atoms with Crippen LogP contribution < -0.4 is 0 Å². The quantitative estimate of drug-likeness (QED) is 0.588. The van der Waals surface area contributed by atoms with Gasteiger partial charge in [-0.2, -0.15) is 11.3 Å². The van der Waals surface area contributed by atoms with Crippen molar-refractivity contribution in [3.05, 3.63) is 93.7 Å². The average Bonchev–Trinajstić information content (AvgIpc) is 3.03. The zero-order valence-electron chi connectivity index (χ0n) is 12.4. The first-order valence-electron chi connectivity index (χ1n) is 7.49. The first-order chi connectivity index (χ1) is 10.8. The van der Waals surface area contributed by atoms with E-state index in [2.05, 4.69) is 29.6 Å². The van der Waals surface area contributed by atoms with Gasteiger partial charge in [-0.15, -0.1) is 0 Å². The molecule has 22 heavy (non-hydrogen) atoms. The number of Topliss-reactive ketones (excluding diaryl/α,β-unsaturated/α-hetero) is 1. The van der Waals surface area contributed by atoms with Crippen LogP contribution in [0.15, 0.2) is 71.4 Å². The van der Waals surface area contributed by atoms with Crippen LogP contribution in [0.2, 0.25) is 0 Å². The van der Waals surface area contributed by atoms with E-state index in [0.717, 1.165) is 24.0 Å². The van der Waals surface area contributed by atoms with Crippen molar-refractivity contribution >= 4 is 17.1 Å². The smallest absolute Gasteiger partial charge is 0.168 e. The minimum atomic E-state index is 0.218. The number of hydrogen-bond acceptors (Lipinski definition) is 2. The molecule has 0 aliphatic rings. The largest absolute Gasteiger partial charge is 0.294 e. The van der Waals surface area contributed by atoms with Gasteiger partial charge < -0.3 is 0 Å². The van der Waals surface area contributed by atoms with Crippen LogP contribution in [0.5, 0.6) is 0 Å². The van der Waals surface area contributed by atoms with Gasteiger partial charge in [0, 0.05) is 17.4 Å². The number of carbonyl (C=O) groups is 1. The van der Waals surface area contributed by atoms with Crippen molar-refractivity contribution < 1.29 is 4.79 Å². The van der Waals surface area contributed by atoms with Gasteiger partial charge >= 0.3 is 0 Å². The van der Waals surface area contributed by atoms with E-state index < -0.39 is 0 Å². The number of ketones is 1. The Balaban J connectivity index is 1.68. The Morgan fingerprint density at radius 3 is 2.09 bits per heavy atom. The molecule has 0 fully saturated rings. The molecule has 2 aromatic carbocycles. The monoisotopic (exact) mass is 306 g/mol. The van der Waals surface area contributed by atoms with Gasteiger partial charge in [0.05, 0.1) is 0 Å². The van der Waals surface area contributed by atoms with Gasteiger partial charge in [-0.25, -0.2) is 0 Å². The highest BCUT2D eigenvalue weighted by atomic mass is 32.1. The number of rotatable bonds is 6. The van der Waals surface area contributed by atoms with E-state index in [4.69, 9.17) is 0 Å². The number of hydrogen-bond donors (Lipinski definition) is 0. The van der Waals surface area contributed by atoms with Gasteiger partial charge in [0.15, 0.2) is 5.78 Å². The van der Waals surface area contributed by atoms with Gasteiger partial charge in [-0.1, -0.05) is 60.7 Å². The Hall–Kier alpha value is -2.19. The maximum absolute atomic E-state index is 12.5. The van der Waals surface area contributed by atoms with E-state index in [-0.39, 0.29) is 5.78 Å². The van der Waals surface area contributed by atoms with Crippen molar-refractivity contribution in [2.75, 3.05) is 0 Å². The van der Waals surface area contributed by atoms with E-state index in [0.29, 0.717) is 6.42 Å². The molecule has 0 amide bonds. The summed E-state index contributed by atoms with van der Waals surface area (Å²) < 4.78 is 0. The summed E-state index contributed by atoms with van der Waals surface area (Å²) in [6.45, 7) is 0. The molecule has 3 aromatic rings. The summed E-state index contributed by atoms with van der Waals surface area (Å²) in [4.78, 5) is 12.5. The summed E-state index contributed by atoms with van der Waals surface area (Å²) in [5.41, 5.74) is 4.46. The van der Waals surface area contributed by atoms with Crippen molar-refractivity contribution in [1.82, 2.24) is 0 Å². The van der Waals surface area contributed by atoms with E-state index >= 15 is 0 Å². The lowest BCUT2D eigenvalue weighted by molar-refractivity contribution is 0.0992. The fourth-order valence-corrected chi connectivity index (χ4v) is 3.46. The molecule has 1 nitrogen and oxygen atoms in total. The molecular formula is C20H18OS. The topological polar surface area (TPSA) is 17.1 Å². The SMILES string of the molecule is O=C(Cc1ccccc1)c1cscc1CCc1ccccc1. The maximum atomic E-state index is 12.5. The summed E-state index contributed by atoms with van der Waals surface area (Å²) in [5, 5.41) is 4.10. The molecular weight excluding hydrogens is 288 g/mol. The molecule has 0 aliphatic heterocycles. The zero-order chi connectivity index (χ0) is 15.2.